The predicted molar refractivity (Wildman–Crippen MR) is 57.6 cm³/mol. The van der Waals surface area contributed by atoms with Crippen LogP contribution in [0.5, 0.6) is 0 Å². The molecule has 0 saturated heterocycles. The fourth-order valence-corrected chi connectivity index (χ4v) is 2.64. The van der Waals surface area contributed by atoms with E-state index < -0.39 is 0 Å². The Bertz CT molecular complexity index is 288. The van der Waals surface area contributed by atoms with Crippen LogP contribution in [0.25, 0.3) is 0 Å². The van der Waals surface area contributed by atoms with Gasteiger partial charge in [0.1, 0.15) is 4.34 Å². The van der Waals surface area contributed by atoms with Gasteiger partial charge in [-0.2, -0.15) is 0 Å². The van der Waals surface area contributed by atoms with Gasteiger partial charge in [-0.3, -0.25) is 0 Å². The molecule has 72 valence electrons. The average Bonchev–Trinajstić information content (AvgIpc) is 2.44. The number of nitrogens with one attached hydrogen (secondary N) is 1. The molecule has 0 aliphatic heterocycles. The highest BCUT2D eigenvalue weighted by Crippen LogP contribution is 2.39. The van der Waals surface area contributed by atoms with Crippen molar-refractivity contribution in [1.29, 1.82) is 0 Å². The Hall–Kier alpha value is -0.280. The van der Waals surface area contributed by atoms with Crippen LogP contribution in [0.1, 0.15) is 32.6 Å². The van der Waals surface area contributed by atoms with Gasteiger partial charge < -0.3 is 5.32 Å². The summed E-state index contributed by atoms with van der Waals surface area (Å²) < 4.78 is 0.757. The zero-order valence-corrected chi connectivity index (χ0v) is 9.21. The van der Waals surface area contributed by atoms with Gasteiger partial charge >= 0.3 is 0 Å². The van der Waals surface area contributed by atoms with Crippen LogP contribution in [0.2, 0.25) is 4.34 Å². The van der Waals surface area contributed by atoms with E-state index in [0.717, 1.165) is 9.47 Å². The first-order valence-corrected chi connectivity index (χ1v) is 5.83. The SMILES string of the molecule is CCC1(Nc2ncc(Cl)s2)CCC1. The molecule has 13 heavy (non-hydrogen) atoms. The molecule has 1 aromatic rings. The van der Waals surface area contributed by atoms with Gasteiger partial charge in [0.05, 0.1) is 6.20 Å². The van der Waals surface area contributed by atoms with Crippen molar-refractivity contribution in [2.45, 2.75) is 38.1 Å². The first-order chi connectivity index (χ1) is 6.24. The maximum absolute atomic E-state index is 5.81. The summed E-state index contributed by atoms with van der Waals surface area (Å²) >= 11 is 7.33. The molecule has 1 heterocycles. The van der Waals surface area contributed by atoms with Crippen LogP contribution in [-0.2, 0) is 0 Å². The van der Waals surface area contributed by atoms with Crippen molar-refractivity contribution in [2.24, 2.45) is 0 Å². The van der Waals surface area contributed by atoms with Crippen molar-refractivity contribution in [1.82, 2.24) is 4.98 Å². The number of halogens is 1. The maximum atomic E-state index is 5.81. The van der Waals surface area contributed by atoms with Gasteiger partial charge in [-0.15, -0.1) is 0 Å². The lowest BCUT2D eigenvalue weighted by atomic mass is 9.75. The molecule has 4 heteroatoms. The van der Waals surface area contributed by atoms with Crippen molar-refractivity contribution in [3.8, 4) is 0 Å². The minimum absolute atomic E-state index is 0.321. The van der Waals surface area contributed by atoms with Crippen LogP contribution in [-0.4, -0.2) is 10.5 Å². The summed E-state index contributed by atoms with van der Waals surface area (Å²) in [6.45, 7) is 2.22. The molecule has 0 atom stereocenters. The van der Waals surface area contributed by atoms with Crippen LogP contribution >= 0.6 is 22.9 Å². The zero-order valence-electron chi connectivity index (χ0n) is 7.64. The third-order valence-electron chi connectivity index (χ3n) is 2.84. The van der Waals surface area contributed by atoms with Crippen LogP contribution in [0.15, 0.2) is 6.20 Å². The van der Waals surface area contributed by atoms with Crippen molar-refractivity contribution in [2.75, 3.05) is 5.32 Å². The third-order valence-corrected chi connectivity index (χ3v) is 3.87. The molecule has 2 rings (SSSR count). The van der Waals surface area contributed by atoms with Crippen LogP contribution in [0.4, 0.5) is 5.13 Å². The summed E-state index contributed by atoms with van der Waals surface area (Å²) in [6, 6.07) is 0. The van der Waals surface area contributed by atoms with E-state index in [4.69, 9.17) is 11.6 Å². The molecule has 1 aliphatic rings. The van der Waals surface area contributed by atoms with Gasteiger partial charge in [-0.05, 0) is 25.7 Å². The lowest BCUT2D eigenvalue weighted by Gasteiger charge is -2.41. The average molecular weight is 217 g/mol. The monoisotopic (exact) mass is 216 g/mol. The van der Waals surface area contributed by atoms with Crippen LogP contribution in [0.3, 0.4) is 0 Å². The fraction of sp³-hybridized carbons (Fsp3) is 0.667. The molecule has 0 radical (unpaired) electrons. The topological polar surface area (TPSA) is 24.9 Å². The van der Waals surface area contributed by atoms with Crippen LogP contribution < -0.4 is 5.32 Å². The van der Waals surface area contributed by atoms with Gasteiger partial charge in [0.2, 0.25) is 0 Å². The Morgan fingerprint density at radius 2 is 2.46 bits per heavy atom. The number of nitrogens with zero attached hydrogens (tertiary/aromatic N) is 1. The highest BCUT2D eigenvalue weighted by Gasteiger charge is 2.35. The van der Waals surface area contributed by atoms with Crippen LogP contribution in [0, 0.1) is 0 Å². The van der Waals surface area contributed by atoms with E-state index in [2.05, 4.69) is 17.2 Å². The minimum Gasteiger partial charge on any atom is -0.356 e. The number of anilines is 1. The first-order valence-electron chi connectivity index (χ1n) is 4.64. The van der Waals surface area contributed by atoms with E-state index in [1.807, 2.05) is 0 Å². The van der Waals surface area contributed by atoms with E-state index >= 15 is 0 Å². The molecule has 1 aromatic heterocycles. The molecule has 1 N–H and O–H groups in total. The van der Waals surface area contributed by atoms with Gasteiger partial charge in [-0.25, -0.2) is 4.98 Å². The van der Waals surface area contributed by atoms with E-state index in [1.165, 1.54) is 37.0 Å². The second-order valence-electron chi connectivity index (χ2n) is 3.58. The molecule has 1 aliphatic carbocycles. The number of aromatic nitrogens is 1. The van der Waals surface area contributed by atoms with E-state index in [9.17, 15) is 0 Å². The quantitative estimate of drug-likeness (QED) is 0.836. The molecule has 1 fully saturated rings. The maximum Gasteiger partial charge on any atom is 0.184 e. The lowest BCUT2D eigenvalue weighted by molar-refractivity contribution is 0.269. The minimum atomic E-state index is 0.321. The summed E-state index contributed by atoms with van der Waals surface area (Å²) in [5, 5.41) is 4.45. The normalized spacial score (nSPS) is 19.5. The zero-order chi connectivity index (χ0) is 9.31. The van der Waals surface area contributed by atoms with Crippen molar-refractivity contribution in [3.05, 3.63) is 10.5 Å². The molecule has 2 nitrogen and oxygen atoms in total. The van der Waals surface area contributed by atoms with Crippen molar-refractivity contribution >= 4 is 28.1 Å². The van der Waals surface area contributed by atoms with Gasteiger partial charge in [0.25, 0.3) is 0 Å². The summed E-state index contributed by atoms with van der Waals surface area (Å²) in [5.74, 6) is 0. The van der Waals surface area contributed by atoms with E-state index in [-0.39, 0.29) is 0 Å². The first kappa shape index (κ1) is 9.28. The highest BCUT2D eigenvalue weighted by atomic mass is 35.5. The smallest absolute Gasteiger partial charge is 0.184 e. The highest BCUT2D eigenvalue weighted by molar-refractivity contribution is 7.19. The Balaban J connectivity index is 2.04. The van der Waals surface area contributed by atoms with Gasteiger partial charge in [0, 0.05) is 5.54 Å². The molecule has 0 amide bonds. The number of thiazole rings is 1. The predicted octanol–water partition coefficient (Wildman–Crippen LogP) is 3.54. The standard InChI is InChI=1S/C9H13ClN2S/c1-2-9(4-3-5-9)12-8-11-6-7(10)13-8/h6H,2-5H2,1H3,(H,11,12). The largest absolute Gasteiger partial charge is 0.356 e. The second-order valence-corrected chi connectivity index (χ2v) is 5.24. The van der Waals surface area contributed by atoms with Crippen molar-refractivity contribution in [3.63, 3.8) is 0 Å². The number of hydrogen-bond donors (Lipinski definition) is 1. The molecule has 0 bridgehead atoms. The second kappa shape index (κ2) is 3.46. The van der Waals surface area contributed by atoms with E-state index in [1.54, 1.807) is 6.20 Å². The Morgan fingerprint density at radius 1 is 1.69 bits per heavy atom. The molecule has 0 spiro atoms. The van der Waals surface area contributed by atoms with E-state index in [0.29, 0.717) is 5.54 Å². The molecule has 1 saturated carbocycles. The molecule has 0 aromatic carbocycles. The lowest BCUT2D eigenvalue weighted by Crippen LogP contribution is -2.44. The molecular formula is C9H13ClN2S. The third kappa shape index (κ3) is 1.81. The summed E-state index contributed by atoms with van der Waals surface area (Å²) in [6.07, 6.45) is 6.74. The Morgan fingerprint density at radius 3 is 2.85 bits per heavy atom. The van der Waals surface area contributed by atoms with Crippen molar-refractivity contribution < 1.29 is 0 Å². The summed E-state index contributed by atoms with van der Waals surface area (Å²) in [5.41, 5.74) is 0.321. The Kier molecular flexibility index (Phi) is 2.47. The number of hydrogen-bond acceptors (Lipinski definition) is 3. The molecular weight excluding hydrogens is 204 g/mol. The Labute approximate surface area is 87.3 Å². The van der Waals surface area contributed by atoms with Gasteiger partial charge in [-0.1, -0.05) is 29.9 Å². The summed E-state index contributed by atoms with van der Waals surface area (Å²) in [7, 11) is 0. The fourth-order valence-electron chi connectivity index (χ4n) is 1.71. The summed E-state index contributed by atoms with van der Waals surface area (Å²) in [4.78, 5) is 4.21. The van der Waals surface area contributed by atoms with Gasteiger partial charge in [0.15, 0.2) is 5.13 Å². The molecule has 0 unspecified atom stereocenters. The number of rotatable bonds is 3.